The number of hydrogen-bond acceptors (Lipinski definition) is 6. The number of hydrogen-bond donors (Lipinski definition) is 1. The summed E-state index contributed by atoms with van der Waals surface area (Å²) in [4.78, 5) is 27.3. The van der Waals surface area contributed by atoms with Crippen LogP contribution in [0.3, 0.4) is 0 Å². The van der Waals surface area contributed by atoms with E-state index >= 15 is 0 Å². The smallest absolute Gasteiger partial charge is 0.339 e. The number of nitrogens with two attached hydrogens (primary N) is 1. The van der Waals surface area contributed by atoms with Crippen molar-refractivity contribution < 1.29 is 19.1 Å². The Morgan fingerprint density at radius 1 is 1.30 bits per heavy atom. The van der Waals surface area contributed by atoms with Crippen LogP contribution in [-0.2, 0) is 9.53 Å². The molecule has 2 rings (SSSR count). The number of benzene rings is 1. The largest absolute Gasteiger partial charge is 0.462 e. The number of pyridine rings is 1. The minimum atomic E-state index is -0.623. The van der Waals surface area contributed by atoms with Gasteiger partial charge in [-0.25, -0.2) is 9.78 Å². The quantitative estimate of drug-likeness (QED) is 0.844. The third-order valence-corrected chi connectivity index (χ3v) is 2.57. The van der Waals surface area contributed by atoms with E-state index in [0.29, 0.717) is 16.5 Å². The van der Waals surface area contributed by atoms with E-state index < -0.39 is 11.9 Å². The monoisotopic (exact) mass is 274 g/mol. The van der Waals surface area contributed by atoms with Crippen molar-refractivity contribution in [1.29, 1.82) is 0 Å². The number of para-hydroxylation sites is 1. The minimum Gasteiger partial charge on any atom is -0.462 e. The first kappa shape index (κ1) is 14.0. The van der Waals surface area contributed by atoms with Crippen LogP contribution < -0.4 is 10.5 Å². The fourth-order valence-corrected chi connectivity index (χ4v) is 1.74. The lowest BCUT2D eigenvalue weighted by Crippen LogP contribution is -2.20. The Balaban J connectivity index is 2.52. The van der Waals surface area contributed by atoms with E-state index in [4.69, 9.17) is 15.2 Å². The van der Waals surface area contributed by atoms with Crippen LogP contribution in [0, 0.1) is 0 Å². The van der Waals surface area contributed by atoms with Gasteiger partial charge in [0.1, 0.15) is 0 Å². The van der Waals surface area contributed by atoms with Crippen LogP contribution in [0.15, 0.2) is 30.3 Å². The fourth-order valence-electron chi connectivity index (χ4n) is 1.74. The lowest BCUT2D eigenvalue weighted by atomic mass is 10.1. The maximum atomic E-state index is 12.0. The highest BCUT2D eigenvalue weighted by molar-refractivity contribution is 6.03. The van der Waals surface area contributed by atoms with Gasteiger partial charge >= 0.3 is 11.9 Å². The summed E-state index contributed by atoms with van der Waals surface area (Å²) in [6.07, 6.45) is 0. The summed E-state index contributed by atoms with van der Waals surface area (Å²) in [5.74, 6) is -1.08. The molecule has 0 aliphatic carbocycles. The van der Waals surface area contributed by atoms with Gasteiger partial charge in [-0.05, 0) is 13.0 Å². The molecule has 0 atom stereocenters. The van der Waals surface area contributed by atoms with Gasteiger partial charge in [0.15, 0.2) is 0 Å². The predicted octanol–water partition coefficient (Wildman–Crippen LogP) is 1.28. The molecule has 104 valence electrons. The Hall–Kier alpha value is -2.47. The summed E-state index contributed by atoms with van der Waals surface area (Å²) in [6.45, 7) is 1.72. The SMILES string of the molecule is CCOC(=O)c1cc(OC(=O)CN)nc2ccccc12. The molecular formula is C14H14N2O4. The zero-order valence-corrected chi connectivity index (χ0v) is 11.0. The van der Waals surface area contributed by atoms with Crippen LogP contribution in [0.1, 0.15) is 17.3 Å². The topological polar surface area (TPSA) is 91.5 Å². The van der Waals surface area contributed by atoms with Crippen LogP contribution in [0.5, 0.6) is 5.88 Å². The molecule has 6 heteroatoms. The van der Waals surface area contributed by atoms with Crippen LogP contribution in [0.4, 0.5) is 0 Å². The predicted molar refractivity (Wildman–Crippen MR) is 72.4 cm³/mol. The molecular weight excluding hydrogens is 260 g/mol. The molecule has 1 heterocycles. The summed E-state index contributed by atoms with van der Waals surface area (Å²) in [5, 5.41) is 0.637. The maximum absolute atomic E-state index is 12.0. The van der Waals surface area contributed by atoms with E-state index in [1.165, 1.54) is 6.07 Å². The van der Waals surface area contributed by atoms with Crippen molar-refractivity contribution in [2.24, 2.45) is 5.73 Å². The van der Waals surface area contributed by atoms with E-state index in [0.717, 1.165) is 0 Å². The van der Waals surface area contributed by atoms with Crippen molar-refractivity contribution in [3.8, 4) is 5.88 Å². The molecule has 0 aliphatic heterocycles. The molecule has 2 aromatic rings. The summed E-state index contributed by atoms with van der Waals surface area (Å²) in [6, 6.07) is 8.42. The molecule has 0 bridgehead atoms. The molecule has 0 fully saturated rings. The first-order chi connectivity index (χ1) is 9.65. The number of rotatable bonds is 4. The lowest BCUT2D eigenvalue weighted by Gasteiger charge is -2.08. The standard InChI is InChI=1S/C14H14N2O4/c1-2-19-14(18)10-7-12(20-13(17)8-15)16-11-6-4-3-5-9(10)11/h3-7H,2,8,15H2,1H3. The Kier molecular flexibility index (Phi) is 4.27. The van der Waals surface area contributed by atoms with Gasteiger partial charge in [-0.2, -0.15) is 0 Å². The van der Waals surface area contributed by atoms with E-state index in [-0.39, 0.29) is 19.0 Å². The van der Waals surface area contributed by atoms with Crippen LogP contribution in [-0.4, -0.2) is 30.1 Å². The number of carbonyl (C=O) groups is 2. The van der Waals surface area contributed by atoms with Gasteiger partial charge in [-0.3, -0.25) is 4.79 Å². The molecule has 6 nitrogen and oxygen atoms in total. The molecule has 0 unspecified atom stereocenters. The van der Waals surface area contributed by atoms with Crippen molar-refractivity contribution in [3.05, 3.63) is 35.9 Å². The minimum absolute atomic E-state index is 0.0298. The van der Waals surface area contributed by atoms with Crippen LogP contribution in [0.2, 0.25) is 0 Å². The van der Waals surface area contributed by atoms with Gasteiger partial charge in [0.05, 0.1) is 24.2 Å². The lowest BCUT2D eigenvalue weighted by molar-refractivity contribution is -0.133. The Morgan fingerprint density at radius 2 is 2.05 bits per heavy atom. The average molecular weight is 274 g/mol. The van der Waals surface area contributed by atoms with Gasteiger partial charge in [0.25, 0.3) is 0 Å². The number of aromatic nitrogens is 1. The average Bonchev–Trinajstić information content (AvgIpc) is 2.46. The number of fused-ring (bicyclic) bond motifs is 1. The summed E-state index contributed by atoms with van der Waals surface area (Å²) in [5.41, 5.74) is 6.03. The van der Waals surface area contributed by atoms with Gasteiger partial charge in [-0.15, -0.1) is 0 Å². The van der Waals surface area contributed by atoms with E-state index in [2.05, 4.69) is 4.98 Å². The van der Waals surface area contributed by atoms with Crippen molar-refractivity contribution in [1.82, 2.24) is 4.98 Å². The van der Waals surface area contributed by atoms with Gasteiger partial charge in [0.2, 0.25) is 5.88 Å². The van der Waals surface area contributed by atoms with E-state index in [1.807, 2.05) is 0 Å². The molecule has 2 N–H and O–H groups in total. The van der Waals surface area contributed by atoms with E-state index in [1.54, 1.807) is 31.2 Å². The van der Waals surface area contributed by atoms with Crippen LogP contribution in [0.25, 0.3) is 10.9 Å². The summed E-state index contributed by atoms with van der Waals surface area (Å²) < 4.78 is 9.95. The van der Waals surface area contributed by atoms with Crippen molar-refractivity contribution in [2.75, 3.05) is 13.2 Å². The highest BCUT2D eigenvalue weighted by atomic mass is 16.5. The normalized spacial score (nSPS) is 10.3. The second kappa shape index (κ2) is 6.12. The molecule has 0 radical (unpaired) electrons. The third-order valence-electron chi connectivity index (χ3n) is 2.57. The first-order valence-electron chi connectivity index (χ1n) is 6.13. The first-order valence-corrected chi connectivity index (χ1v) is 6.13. The number of ether oxygens (including phenoxy) is 2. The molecule has 20 heavy (non-hydrogen) atoms. The highest BCUT2D eigenvalue weighted by Crippen LogP contribution is 2.22. The molecule has 0 saturated carbocycles. The second-order valence-corrected chi connectivity index (χ2v) is 3.92. The van der Waals surface area contributed by atoms with E-state index in [9.17, 15) is 9.59 Å². The molecule has 1 aromatic carbocycles. The summed E-state index contributed by atoms with van der Waals surface area (Å²) >= 11 is 0. The molecule has 0 saturated heterocycles. The Morgan fingerprint density at radius 3 is 2.75 bits per heavy atom. The zero-order valence-electron chi connectivity index (χ0n) is 11.0. The Bertz CT molecular complexity index is 655. The summed E-state index contributed by atoms with van der Waals surface area (Å²) in [7, 11) is 0. The van der Waals surface area contributed by atoms with Crippen molar-refractivity contribution >= 4 is 22.8 Å². The van der Waals surface area contributed by atoms with Gasteiger partial charge in [-0.1, -0.05) is 18.2 Å². The van der Waals surface area contributed by atoms with Crippen molar-refractivity contribution in [3.63, 3.8) is 0 Å². The van der Waals surface area contributed by atoms with Crippen molar-refractivity contribution in [2.45, 2.75) is 6.92 Å². The van der Waals surface area contributed by atoms with Gasteiger partial charge in [0, 0.05) is 11.5 Å². The fraction of sp³-hybridized carbons (Fsp3) is 0.214. The number of carbonyl (C=O) groups excluding carboxylic acids is 2. The highest BCUT2D eigenvalue weighted by Gasteiger charge is 2.15. The van der Waals surface area contributed by atoms with Crippen LogP contribution >= 0.6 is 0 Å². The van der Waals surface area contributed by atoms with Gasteiger partial charge < -0.3 is 15.2 Å². The number of nitrogens with zero attached hydrogens (tertiary/aromatic N) is 1. The number of esters is 2. The maximum Gasteiger partial charge on any atom is 0.339 e. The molecule has 0 aliphatic rings. The Labute approximate surface area is 115 Å². The third kappa shape index (κ3) is 2.92. The molecule has 0 spiro atoms. The zero-order chi connectivity index (χ0) is 14.5. The molecule has 1 aromatic heterocycles. The molecule has 0 amide bonds. The second-order valence-electron chi connectivity index (χ2n) is 3.92.